The molecule has 7 heteroatoms. The van der Waals surface area contributed by atoms with E-state index in [4.69, 9.17) is 21.1 Å². The van der Waals surface area contributed by atoms with Crippen LogP contribution in [-0.4, -0.2) is 27.3 Å². The Hall–Kier alpha value is -2.60. The first kappa shape index (κ1) is 16.3. The topological polar surface area (TPSA) is 77.1 Å². The van der Waals surface area contributed by atoms with Gasteiger partial charge in [-0.1, -0.05) is 23.7 Å². The van der Waals surface area contributed by atoms with Crippen molar-refractivity contribution in [2.24, 2.45) is 0 Å². The normalized spacial score (nSPS) is 11.0. The molecule has 0 fully saturated rings. The molecule has 124 valence electrons. The molecule has 0 saturated carbocycles. The average Bonchev–Trinajstić information content (AvgIpc) is 3.03. The van der Waals surface area contributed by atoms with Gasteiger partial charge in [-0.25, -0.2) is 9.78 Å². The average molecular weight is 346 g/mol. The zero-order valence-corrected chi connectivity index (χ0v) is 14.0. The Morgan fingerprint density at radius 3 is 2.92 bits per heavy atom. The number of carbonyl (C=O) groups is 1. The van der Waals surface area contributed by atoms with Gasteiger partial charge in [-0.3, -0.25) is 5.10 Å². The van der Waals surface area contributed by atoms with E-state index in [1.54, 1.807) is 30.6 Å². The fourth-order valence-corrected chi connectivity index (χ4v) is 2.45. The smallest absolute Gasteiger partial charge is 0.340 e. The summed E-state index contributed by atoms with van der Waals surface area (Å²) in [6.07, 6.45) is 3.21. The van der Waals surface area contributed by atoms with Gasteiger partial charge in [-0.05, 0) is 26.0 Å². The molecule has 0 atom stereocenters. The van der Waals surface area contributed by atoms with Crippen LogP contribution in [-0.2, 0) is 11.3 Å². The number of para-hydroxylation sites is 1. The highest BCUT2D eigenvalue weighted by atomic mass is 35.5. The van der Waals surface area contributed by atoms with Gasteiger partial charge in [0.25, 0.3) is 0 Å². The first-order valence-corrected chi connectivity index (χ1v) is 7.82. The summed E-state index contributed by atoms with van der Waals surface area (Å²) in [4.78, 5) is 16.4. The number of carbonyl (C=O) groups excluding carboxylic acids is 1. The molecule has 0 unspecified atom stereocenters. The molecule has 24 heavy (non-hydrogen) atoms. The van der Waals surface area contributed by atoms with E-state index in [0.29, 0.717) is 27.5 Å². The number of nitrogens with zero attached hydrogens (tertiary/aromatic N) is 2. The van der Waals surface area contributed by atoms with Crippen molar-refractivity contribution < 1.29 is 14.3 Å². The molecule has 2 aromatic heterocycles. The van der Waals surface area contributed by atoms with E-state index >= 15 is 0 Å². The second kappa shape index (κ2) is 6.88. The van der Waals surface area contributed by atoms with Gasteiger partial charge < -0.3 is 9.47 Å². The summed E-state index contributed by atoms with van der Waals surface area (Å²) in [6.45, 7) is 3.85. The third-order valence-electron chi connectivity index (χ3n) is 3.28. The first-order valence-electron chi connectivity index (χ1n) is 7.45. The molecule has 3 rings (SSSR count). The lowest BCUT2D eigenvalue weighted by Crippen LogP contribution is -2.09. The number of aromatic nitrogens is 3. The number of halogens is 1. The number of ether oxygens (including phenoxy) is 2. The van der Waals surface area contributed by atoms with E-state index in [-0.39, 0.29) is 12.7 Å². The van der Waals surface area contributed by atoms with Gasteiger partial charge in [0, 0.05) is 17.1 Å². The van der Waals surface area contributed by atoms with Crippen LogP contribution in [0.5, 0.6) is 5.88 Å². The SMILES string of the molecule is CC(C)Oc1ncc(COC(=O)c2cccc3cn[nH]c23)cc1Cl. The number of hydrogen-bond acceptors (Lipinski definition) is 5. The van der Waals surface area contributed by atoms with Crippen LogP contribution in [0.15, 0.2) is 36.7 Å². The minimum Gasteiger partial charge on any atom is -0.474 e. The summed E-state index contributed by atoms with van der Waals surface area (Å²) in [5.41, 5.74) is 1.77. The molecule has 0 spiro atoms. The van der Waals surface area contributed by atoms with Gasteiger partial charge >= 0.3 is 5.97 Å². The Morgan fingerprint density at radius 1 is 1.33 bits per heavy atom. The van der Waals surface area contributed by atoms with Gasteiger partial charge in [0.2, 0.25) is 5.88 Å². The van der Waals surface area contributed by atoms with Crippen molar-refractivity contribution >= 4 is 28.5 Å². The summed E-state index contributed by atoms with van der Waals surface area (Å²) in [7, 11) is 0. The summed E-state index contributed by atoms with van der Waals surface area (Å²) in [5, 5.41) is 7.97. The molecule has 0 amide bonds. The predicted octanol–water partition coefficient (Wildman–Crippen LogP) is 3.76. The van der Waals surface area contributed by atoms with Crippen molar-refractivity contribution in [1.82, 2.24) is 15.2 Å². The molecule has 3 aromatic rings. The number of H-pyrrole nitrogens is 1. The number of hydrogen-bond donors (Lipinski definition) is 1. The second-order valence-corrected chi connectivity index (χ2v) is 5.92. The van der Waals surface area contributed by atoms with Crippen molar-refractivity contribution in [3.8, 4) is 5.88 Å². The fourth-order valence-electron chi connectivity index (χ4n) is 2.22. The number of benzene rings is 1. The third-order valence-corrected chi connectivity index (χ3v) is 3.55. The van der Waals surface area contributed by atoms with E-state index in [2.05, 4.69) is 15.2 Å². The van der Waals surface area contributed by atoms with E-state index in [1.165, 1.54) is 0 Å². The van der Waals surface area contributed by atoms with Crippen LogP contribution in [0.3, 0.4) is 0 Å². The minimum absolute atomic E-state index is 0.0198. The Labute approximate surface area is 143 Å². The molecular formula is C17H16ClN3O3. The van der Waals surface area contributed by atoms with Crippen molar-refractivity contribution in [3.63, 3.8) is 0 Å². The number of fused-ring (bicyclic) bond motifs is 1. The number of rotatable bonds is 5. The van der Waals surface area contributed by atoms with Crippen LogP contribution in [0.1, 0.15) is 29.8 Å². The zero-order chi connectivity index (χ0) is 17.1. The van der Waals surface area contributed by atoms with Crippen molar-refractivity contribution in [1.29, 1.82) is 0 Å². The number of esters is 1. The molecule has 0 aliphatic rings. The summed E-state index contributed by atoms with van der Waals surface area (Å²) < 4.78 is 10.8. The van der Waals surface area contributed by atoms with Gasteiger partial charge in [0.1, 0.15) is 11.6 Å². The molecule has 0 radical (unpaired) electrons. The van der Waals surface area contributed by atoms with E-state index in [0.717, 1.165) is 5.39 Å². The van der Waals surface area contributed by atoms with E-state index in [1.807, 2.05) is 19.9 Å². The van der Waals surface area contributed by atoms with Crippen LogP contribution >= 0.6 is 11.6 Å². The van der Waals surface area contributed by atoms with Crippen molar-refractivity contribution in [2.45, 2.75) is 26.6 Å². The Kier molecular flexibility index (Phi) is 4.66. The summed E-state index contributed by atoms with van der Waals surface area (Å²) in [6, 6.07) is 7.02. The molecule has 1 N–H and O–H groups in total. The molecule has 0 aliphatic carbocycles. The Bertz CT molecular complexity index is 876. The van der Waals surface area contributed by atoms with Crippen LogP contribution in [0, 0.1) is 0 Å². The molecule has 2 heterocycles. The summed E-state index contributed by atoms with van der Waals surface area (Å²) >= 11 is 6.13. The molecule has 0 bridgehead atoms. The molecule has 0 saturated heterocycles. The van der Waals surface area contributed by atoms with Crippen molar-refractivity contribution in [3.05, 3.63) is 52.8 Å². The van der Waals surface area contributed by atoms with Crippen LogP contribution in [0.4, 0.5) is 0 Å². The lowest BCUT2D eigenvalue weighted by Gasteiger charge is -2.11. The maximum absolute atomic E-state index is 12.3. The molecule has 0 aliphatic heterocycles. The Balaban J connectivity index is 1.70. The fraction of sp³-hybridized carbons (Fsp3) is 0.235. The van der Waals surface area contributed by atoms with Gasteiger partial charge in [-0.15, -0.1) is 0 Å². The predicted molar refractivity (Wildman–Crippen MR) is 90.2 cm³/mol. The largest absolute Gasteiger partial charge is 0.474 e. The van der Waals surface area contributed by atoms with E-state index in [9.17, 15) is 4.79 Å². The number of pyridine rings is 1. The van der Waals surface area contributed by atoms with Crippen molar-refractivity contribution in [2.75, 3.05) is 0 Å². The lowest BCUT2D eigenvalue weighted by atomic mass is 10.1. The summed E-state index contributed by atoms with van der Waals surface area (Å²) in [5.74, 6) is -0.0764. The minimum atomic E-state index is -0.441. The maximum atomic E-state index is 12.3. The van der Waals surface area contributed by atoms with Crippen LogP contribution in [0.25, 0.3) is 10.9 Å². The maximum Gasteiger partial charge on any atom is 0.340 e. The highest BCUT2D eigenvalue weighted by Gasteiger charge is 2.14. The Morgan fingerprint density at radius 2 is 2.17 bits per heavy atom. The second-order valence-electron chi connectivity index (χ2n) is 5.51. The lowest BCUT2D eigenvalue weighted by molar-refractivity contribution is 0.0474. The quantitative estimate of drug-likeness (QED) is 0.712. The first-order chi connectivity index (χ1) is 11.5. The number of aromatic amines is 1. The standard InChI is InChI=1S/C17H16ClN3O3/c1-10(2)24-16-14(18)6-11(7-19-16)9-23-17(22)13-5-3-4-12-8-20-21-15(12)13/h3-8,10H,9H2,1-2H3,(H,20,21). The van der Waals surface area contributed by atoms with Crippen LogP contribution in [0.2, 0.25) is 5.02 Å². The molecule has 1 aromatic carbocycles. The number of nitrogens with one attached hydrogen (secondary N) is 1. The molecular weight excluding hydrogens is 330 g/mol. The van der Waals surface area contributed by atoms with Gasteiger partial charge in [0.15, 0.2) is 0 Å². The zero-order valence-electron chi connectivity index (χ0n) is 13.2. The highest BCUT2D eigenvalue weighted by Crippen LogP contribution is 2.24. The van der Waals surface area contributed by atoms with Crippen LogP contribution < -0.4 is 4.74 Å². The van der Waals surface area contributed by atoms with Gasteiger partial charge in [0.05, 0.1) is 23.4 Å². The molecule has 6 nitrogen and oxygen atoms in total. The monoisotopic (exact) mass is 345 g/mol. The van der Waals surface area contributed by atoms with Gasteiger partial charge in [-0.2, -0.15) is 5.10 Å². The highest BCUT2D eigenvalue weighted by molar-refractivity contribution is 6.31. The van der Waals surface area contributed by atoms with E-state index < -0.39 is 5.97 Å². The third kappa shape index (κ3) is 3.49.